The van der Waals surface area contributed by atoms with E-state index in [2.05, 4.69) is 46.4 Å². The van der Waals surface area contributed by atoms with Crippen molar-refractivity contribution in [1.29, 1.82) is 0 Å². The highest BCUT2D eigenvalue weighted by Gasteiger charge is 2.12. The zero-order valence-electron chi connectivity index (χ0n) is 15.2. The SMILES string of the molecule is COC(=O)NCc1ccc(Nc2cc(-n3nc(C)c(Br)c3C)ncn2)cc1. The summed E-state index contributed by atoms with van der Waals surface area (Å²) in [4.78, 5) is 19.7. The summed E-state index contributed by atoms with van der Waals surface area (Å²) in [5, 5.41) is 10.4. The summed E-state index contributed by atoms with van der Waals surface area (Å²) >= 11 is 3.53. The number of carbonyl (C=O) groups excluding carboxylic acids is 1. The Bertz CT molecular complexity index is 955. The molecule has 0 saturated heterocycles. The van der Waals surface area contributed by atoms with Gasteiger partial charge in [-0.3, -0.25) is 0 Å². The minimum Gasteiger partial charge on any atom is -0.453 e. The highest BCUT2D eigenvalue weighted by atomic mass is 79.9. The van der Waals surface area contributed by atoms with Crippen LogP contribution < -0.4 is 10.6 Å². The maximum Gasteiger partial charge on any atom is 0.407 e. The lowest BCUT2D eigenvalue weighted by molar-refractivity contribution is 0.170. The van der Waals surface area contributed by atoms with Crippen LogP contribution in [-0.4, -0.2) is 33.0 Å². The second-order valence-corrected chi connectivity index (χ2v) is 6.62. The maximum absolute atomic E-state index is 11.1. The minimum absolute atomic E-state index is 0.400. The standard InChI is InChI=1S/C18H19BrN6O2/c1-11-17(19)12(2)25(24-11)16-8-15(21-10-22-16)23-14-6-4-13(5-7-14)9-20-18(26)27-3/h4-8,10H,9H2,1-3H3,(H,20,26)(H,21,22,23). The van der Waals surface area contributed by atoms with E-state index in [1.807, 2.05) is 44.2 Å². The number of rotatable bonds is 5. The number of methoxy groups -OCH3 is 1. The van der Waals surface area contributed by atoms with Crippen LogP contribution in [0.25, 0.3) is 5.82 Å². The van der Waals surface area contributed by atoms with E-state index in [1.165, 1.54) is 13.4 Å². The first-order valence-corrected chi connectivity index (χ1v) is 8.99. The van der Waals surface area contributed by atoms with Gasteiger partial charge in [0.1, 0.15) is 12.1 Å². The third kappa shape index (κ3) is 4.43. The van der Waals surface area contributed by atoms with Crippen LogP contribution >= 0.6 is 15.9 Å². The molecule has 140 valence electrons. The van der Waals surface area contributed by atoms with E-state index in [4.69, 9.17) is 0 Å². The van der Waals surface area contributed by atoms with E-state index in [9.17, 15) is 4.79 Å². The lowest BCUT2D eigenvalue weighted by atomic mass is 10.2. The second kappa shape index (κ2) is 8.17. The number of aryl methyl sites for hydroxylation is 1. The third-order valence-electron chi connectivity index (χ3n) is 3.92. The fraction of sp³-hybridized carbons (Fsp3) is 0.222. The van der Waals surface area contributed by atoms with Crippen molar-refractivity contribution in [1.82, 2.24) is 25.1 Å². The highest BCUT2D eigenvalue weighted by Crippen LogP contribution is 2.23. The molecule has 1 amide bonds. The molecule has 9 heteroatoms. The second-order valence-electron chi connectivity index (χ2n) is 5.83. The predicted octanol–water partition coefficient (Wildman–Crippen LogP) is 3.64. The summed E-state index contributed by atoms with van der Waals surface area (Å²) in [6.45, 7) is 4.31. The van der Waals surface area contributed by atoms with E-state index < -0.39 is 6.09 Å². The van der Waals surface area contributed by atoms with Crippen molar-refractivity contribution in [2.75, 3.05) is 12.4 Å². The molecular formula is C18H19BrN6O2. The molecular weight excluding hydrogens is 412 g/mol. The van der Waals surface area contributed by atoms with Crippen molar-refractivity contribution in [3.8, 4) is 5.82 Å². The molecule has 2 aromatic heterocycles. The quantitative estimate of drug-likeness (QED) is 0.641. The van der Waals surface area contributed by atoms with E-state index in [0.29, 0.717) is 18.2 Å². The topological polar surface area (TPSA) is 94.0 Å². The molecule has 3 aromatic rings. The monoisotopic (exact) mass is 430 g/mol. The molecule has 3 rings (SSSR count). The molecule has 2 heterocycles. The first kappa shape index (κ1) is 18.8. The maximum atomic E-state index is 11.1. The lowest BCUT2D eigenvalue weighted by Crippen LogP contribution is -2.22. The summed E-state index contributed by atoms with van der Waals surface area (Å²) in [6.07, 6.45) is 1.04. The van der Waals surface area contributed by atoms with Crippen LogP contribution in [0.4, 0.5) is 16.3 Å². The number of ether oxygens (including phenoxy) is 1. The zero-order chi connectivity index (χ0) is 19.4. The number of halogens is 1. The Labute approximate surface area is 165 Å². The van der Waals surface area contributed by atoms with Gasteiger partial charge in [-0.2, -0.15) is 5.10 Å². The molecule has 0 aliphatic heterocycles. The minimum atomic E-state index is -0.457. The van der Waals surface area contributed by atoms with E-state index >= 15 is 0 Å². The molecule has 8 nitrogen and oxygen atoms in total. The van der Waals surface area contributed by atoms with Gasteiger partial charge in [0.15, 0.2) is 5.82 Å². The molecule has 2 N–H and O–H groups in total. The Balaban J connectivity index is 1.73. The van der Waals surface area contributed by atoms with Gasteiger partial charge in [0, 0.05) is 18.3 Å². The molecule has 0 unspecified atom stereocenters. The molecule has 0 saturated carbocycles. The van der Waals surface area contributed by atoms with Crippen molar-refractivity contribution >= 4 is 33.5 Å². The van der Waals surface area contributed by atoms with Crippen molar-refractivity contribution in [3.05, 3.63) is 58.1 Å². The van der Waals surface area contributed by atoms with Crippen LogP contribution in [0.3, 0.4) is 0 Å². The summed E-state index contributed by atoms with van der Waals surface area (Å²) < 4.78 is 7.29. The Morgan fingerprint density at radius 2 is 1.96 bits per heavy atom. The zero-order valence-corrected chi connectivity index (χ0v) is 16.7. The number of alkyl carbamates (subject to hydrolysis) is 1. The molecule has 0 aliphatic carbocycles. The van der Waals surface area contributed by atoms with Gasteiger partial charge in [-0.1, -0.05) is 12.1 Å². The van der Waals surface area contributed by atoms with Gasteiger partial charge in [0.2, 0.25) is 0 Å². The molecule has 27 heavy (non-hydrogen) atoms. The van der Waals surface area contributed by atoms with Crippen molar-refractivity contribution in [2.24, 2.45) is 0 Å². The average Bonchev–Trinajstić information content (AvgIpc) is 2.95. The highest BCUT2D eigenvalue weighted by molar-refractivity contribution is 9.10. The number of amides is 1. The van der Waals surface area contributed by atoms with Crippen molar-refractivity contribution in [3.63, 3.8) is 0 Å². The first-order valence-electron chi connectivity index (χ1n) is 8.20. The van der Waals surface area contributed by atoms with E-state index in [1.54, 1.807) is 4.68 Å². The van der Waals surface area contributed by atoms with Gasteiger partial charge >= 0.3 is 6.09 Å². The molecule has 0 spiro atoms. The molecule has 0 fully saturated rings. The van der Waals surface area contributed by atoms with Gasteiger partial charge in [-0.05, 0) is 47.5 Å². The van der Waals surface area contributed by atoms with Crippen molar-refractivity contribution in [2.45, 2.75) is 20.4 Å². The van der Waals surface area contributed by atoms with Gasteiger partial charge in [0.25, 0.3) is 0 Å². The Morgan fingerprint density at radius 1 is 1.22 bits per heavy atom. The Hall–Kier alpha value is -2.94. The number of hydrogen-bond donors (Lipinski definition) is 2. The Kier molecular flexibility index (Phi) is 5.70. The van der Waals surface area contributed by atoms with Crippen LogP contribution in [0.15, 0.2) is 41.1 Å². The molecule has 0 atom stereocenters. The molecule has 0 bridgehead atoms. The predicted molar refractivity (Wildman–Crippen MR) is 105 cm³/mol. The number of hydrogen-bond acceptors (Lipinski definition) is 6. The number of nitrogens with zero attached hydrogens (tertiary/aromatic N) is 4. The van der Waals surface area contributed by atoms with Crippen LogP contribution in [0.2, 0.25) is 0 Å². The van der Waals surface area contributed by atoms with E-state index in [0.717, 1.165) is 27.1 Å². The van der Waals surface area contributed by atoms with Crippen LogP contribution in [-0.2, 0) is 11.3 Å². The number of aromatic nitrogens is 4. The Morgan fingerprint density at radius 3 is 2.59 bits per heavy atom. The van der Waals surface area contributed by atoms with Crippen LogP contribution in [0.5, 0.6) is 0 Å². The van der Waals surface area contributed by atoms with Crippen LogP contribution in [0, 0.1) is 13.8 Å². The molecule has 0 aliphatic rings. The third-order valence-corrected chi connectivity index (χ3v) is 5.07. The molecule has 1 aromatic carbocycles. The van der Waals surface area contributed by atoms with Crippen LogP contribution in [0.1, 0.15) is 17.0 Å². The first-order chi connectivity index (χ1) is 13.0. The average molecular weight is 431 g/mol. The van der Waals surface area contributed by atoms with Gasteiger partial charge < -0.3 is 15.4 Å². The molecule has 0 radical (unpaired) electrons. The number of carbonyl (C=O) groups is 1. The van der Waals surface area contributed by atoms with Gasteiger partial charge in [-0.15, -0.1) is 0 Å². The van der Waals surface area contributed by atoms with Gasteiger partial charge in [0.05, 0.1) is 23.0 Å². The lowest BCUT2D eigenvalue weighted by Gasteiger charge is -2.09. The fourth-order valence-electron chi connectivity index (χ4n) is 2.48. The summed E-state index contributed by atoms with van der Waals surface area (Å²) in [6, 6.07) is 9.49. The van der Waals surface area contributed by atoms with Gasteiger partial charge in [-0.25, -0.2) is 19.4 Å². The number of anilines is 2. The summed E-state index contributed by atoms with van der Waals surface area (Å²) in [5.41, 5.74) is 3.70. The van der Waals surface area contributed by atoms with Crippen molar-refractivity contribution < 1.29 is 9.53 Å². The summed E-state index contributed by atoms with van der Waals surface area (Å²) in [5.74, 6) is 1.34. The van der Waals surface area contributed by atoms with E-state index in [-0.39, 0.29) is 0 Å². The number of benzene rings is 1. The normalized spacial score (nSPS) is 10.5. The largest absolute Gasteiger partial charge is 0.453 e. The fourth-order valence-corrected chi connectivity index (χ4v) is 2.73. The smallest absolute Gasteiger partial charge is 0.407 e. The number of nitrogens with one attached hydrogen (secondary N) is 2. The summed E-state index contributed by atoms with van der Waals surface area (Å²) in [7, 11) is 1.34.